The first-order valence-corrected chi connectivity index (χ1v) is 4.49. The lowest BCUT2D eigenvalue weighted by Crippen LogP contribution is -2.06. The molecule has 3 heteroatoms. The smallest absolute Gasteiger partial charge is 0.246 e. The lowest BCUT2D eigenvalue weighted by atomic mass is 10.4. The molecule has 46 valence electrons. The van der Waals surface area contributed by atoms with Gasteiger partial charge in [-0.25, -0.2) is 0 Å². The Morgan fingerprint density at radius 1 is 1.75 bits per heavy atom. The predicted octanol–water partition coefficient (Wildman–Crippen LogP) is 2.37. The number of hydrogen-bond donors (Lipinski definition) is 0. The van der Waals surface area contributed by atoms with E-state index in [9.17, 15) is 4.79 Å². The maximum atomic E-state index is 10.6. The van der Waals surface area contributed by atoms with Crippen LogP contribution in [0.25, 0.3) is 0 Å². The Morgan fingerprint density at radius 2 is 2.50 bits per heavy atom. The van der Waals surface area contributed by atoms with Crippen molar-refractivity contribution in [2.75, 3.05) is 5.75 Å². The van der Waals surface area contributed by atoms with Crippen molar-refractivity contribution in [3.63, 3.8) is 0 Å². The van der Waals surface area contributed by atoms with Crippen molar-refractivity contribution >= 4 is 28.0 Å². The third-order valence-electron chi connectivity index (χ3n) is 1.04. The van der Waals surface area contributed by atoms with E-state index in [4.69, 9.17) is 0 Å². The van der Waals surface area contributed by atoms with Crippen molar-refractivity contribution in [3.8, 4) is 0 Å². The van der Waals surface area contributed by atoms with Gasteiger partial charge in [-0.15, -0.1) is 0 Å². The number of carbonyl (C=O) groups excluding carboxylic acids is 1. The third kappa shape index (κ3) is 1.71. The van der Waals surface area contributed by atoms with Gasteiger partial charge in [0, 0.05) is 11.0 Å². The second kappa shape index (κ2) is 2.78. The average molecular weight is 148 g/mol. The van der Waals surface area contributed by atoms with Crippen LogP contribution in [0.3, 0.4) is 0 Å². The summed E-state index contributed by atoms with van der Waals surface area (Å²) in [6.07, 6.45) is 1.18. The van der Waals surface area contributed by atoms with Gasteiger partial charge in [0.1, 0.15) is 0 Å². The molecule has 0 spiro atoms. The van der Waals surface area contributed by atoms with Crippen molar-refractivity contribution < 1.29 is 4.79 Å². The number of carbonyl (C=O) groups is 1. The molecule has 0 aromatic carbocycles. The molecule has 1 aliphatic rings. The molecular formula is C5H8OS2. The first-order valence-electron chi connectivity index (χ1n) is 2.62. The molecule has 1 unspecified atom stereocenters. The summed E-state index contributed by atoms with van der Waals surface area (Å²) in [4.78, 5) is 10.6. The van der Waals surface area contributed by atoms with Gasteiger partial charge >= 0.3 is 0 Å². The molecular weight excluding hydrogens is 140 g/mol. The molecule has 0 aromatic rings. The standard InChI is InChI=1S/C5H8OS2/c1-4-2-3-7-5(6)8-4/h4H,2-3H2,1H3. The van der Waals surface area contributed by atoms with E-state index in [0.717, 1.165) is 5.75 Å². The quantitative estimate of drug-likeness (QED) is 0.525. The van der Waals surface area contributed by atoms with Crippen molar-refractivity contribution in [3.05, 3.63) is 0 Å². The Balaban J connectivity index is 2.34. The van der Waals surface area contributed by atoms with Crippen LogP contribution in [-0.2, 0) is 0 Å². The van der Waals surface area contributed by atoms with E-state index in [1.165, 1.54) is 29.9 Å². The van der Waals surface area contributed by atoms with E-state index < -0.39 is 0 Å². The van der Waals surface area contributed by atoms with Gasteiger partial charge in [-0.3, -0.25) is 4.79 Å². The molecule has 1 heterocycles. The minimum atomic E-state index is 0.295. The molecule has 0 aromatic heterocycles. The van der Waals surface area contributed by atoms with E-state index in [1.807, 2.05) is 0 Å². The number of rotatable bonds is 0. The van der Waals surface area contributed by atoms with Crippen LogP contribution in [0.5, 0.6) is 0 Å². The summed E-state index contributed by atoms with van der Waals surface area (Å²) < 4.78 is 0.295. The van der Waals surface area contributed by atoms with E-state index in [0.29, 0.717) is 9.70 Å². The Morgan fingerprint density at radius 3 is 2.88 bits per heavy atom. The third-order valence-corrected chi connectivity index (χ3v) is 3.19. The maximum Gasteiger partial charge on any atom is 0.246 e. The van der Waals surface area contributed by atoms with Crippen molar-refractivity contribution in [1.82, 2.24) is 0 Å². The van der Waals surface area contributed by atoms with Crippen LogP contribution < -0.4 is 0 Å². The maximum absolute atomic E-state index is 10.6. The van der Waals surface area contributed by atoms with Gasteiger partial charge in [0.05, 0.1) is 0 Å². The van der Waals surface area contributed by atoms with Crippen LogP contribution in [0.4, 0.5) is 4.79 Å². The second-order valence-electron chi connectivity index (χ2n) is 1.82. The zero-order valence-corrected chi connectivity index (χ0v) is 6.35. The van der Waals surface area contributed by atoms with Gasteiger partial charge in [0.15, 0.2) is 0 Å². The molecule has 8 heavy (non-hydrogen) atoms. The minimum absolute atomic E-state index is 0.295. The Kier molecular flexibility index (Phi) is 2.26. The minimum Gasteiger partial charge on any atom is -0.274 e. The highest BCUT2D eigenvalue weighted by Crippen LogP contribution is 2.30. The zero-order valence-electron chi connectivity index (χ0n) is 4.72. The van der Waals surface area contributed by atoms with Gasteiger partial charge in [0.2, 0.25) is 4.45 Å². The van der Waals surface area contributed by atoms with E-state index >= 15 is 0 Å². The van der Waals surface area contributed by atoms with Crippen LogP contribution in [0.15, 0.2) is 0 Å². The van der Waals surface area contributed by atoms with Crippen molar-refractivity contribution in [2.45, 2.75) is 18.6 Å². The van der Waals surface area contributed by atoms with Gasteiger partial charge < -0.3 is 0 Å². The molecule has 0 radical (unpaired) electrons. The highest BCUT2D eigenvalue weighted by atomic mass is 32.2. The fourth-order valence-electron chi connectivity index (χ4n) is 0.565. The van der Waals surface area contributed by atoms with Gasteiger partial charge in [-0.2, -0.15) is 0 Å². The average Bonchev–Trinajstić information content (AvgIpc) is 1.64. The normalized spacial score (nSPS) is 30.6. The largest absolute Gasteiger partial charge is 0.274 e. The van der Waals surface area contributed by atoms with Crippen molar-refractivity contribution in [1.29, 1.82) is 0 Å². The van der Waals surface area contributed by atoms with Crippen LogP contribution in [-0.4, -0.2) is 15.5 Å². The summed E-state index contributed by atoms with van der Waals surface area (Å²) in [6, 6.07) is 0. The predicted molar refractivity (Wildman–Crippen MR) is 39.5 cm³/mol. The van der Waals surface area contributed by atoms with Gasteiger partial charge in [-0.1, -0.05) is 30.4 Å². The second-order valence-corrected chi connectivity index (χ2v) is 4.55. The Labute approximate surface area is 57.6 Å². The summed E-state index contributed by atoms with van der Waals surface area (Å²) in [5, 5.41) is 0.559. The van der Waals surface area contributed by atoms with Crippen LogP contribution in [0, 0.1) is 0 Å². The summed E-state index contributed by atoms with van der Waals surface area (Å²) in [5.74, 6) is 1.02. The lowest BCUT2D eigenvalue weighted by molar-refractivity contribution is 0.276. The molecule has 1 atom stereocenters. The summed E-state index contributed by atoms with van der Waals surface area (Å²) in [5.41, 5.74) is 0. The van der Waals surface area contributed by atoms with Crippen LogP contribution in [0.2, 0.25) is 0 Å². The summed E-state index contributed by atoms with van der Waals surface area (Å²) in [7, 11) is 0. The van der Waals surface area contributed by atoms with Crippen molar-refractivity contribution in [2.24, 2.45) is 0 Å². The number of thioether (sulfide) groups is 2. The molecule has 1 saturated heterocycles. The van der Waals surface area contributed by atoms with E-state index in [1.54, 1.807) is 0 Å². The monoisotopic (exact) mass is 148 g/mol. The zero-order chi connectivity index (χ0) is 5.98. The van der Waals surface area contributed by atoms with Crippen LogP contribution in [0.1, 0.15) is 13.3 Å². The highest BCUT2D eigenvalue weighted by molar-refractivity contribution is 8.39. The van der Waals surface area contributed by atoms with E-state index in [2.05, 4.69) is 6.92 Å². The molecule has 1 nitrogen and oxygen atoms in total. The SMILES string of the molecule is CC1CCSC(=O)S1. The molecule has 0 N–H and O–H groups in total. The van der Waals surface area contributed by atoms with Gasteiger partial charge in [-0.05, 0) is 6.42 Å². The Hall–Kier alpha value is 0.370. The van der Waals surface area contributed by atoms with Gasteiger partial charge in [0.25, 0.3) is 0 Å². The van der Waals surface area contributed by atoms with Crippen LogP contribution >= 0.6 is 23.5 Å². The first-order chi connectivity index (χ1) is 3.79. The molecule has 0 amide bonds. The van der Waals surface area contributed by atoms with E-state index in [-0.39, 0.29) is 0 Å². The fourth-order valence-corrected chi connectivity index (χ4v) is 2.93. The summed E-state index contributed by atoms with van der Waals surface area (Å²) >= 11 is 2.91. The molecule has 1 rings (SSSR count). The number of hydrogen-bond acceptors (Lipinski definition) is 3. The lowest BCUT2D eigenvalue weighted by Gasteiger charge is -2.13. The molecule has 1 fully saturated rings. The fraction of sp³-hybridized carbons (Fsp3) is 0.800. The molecule has 1 aliphatic heterocycles. The molecule has 0 saturated carbocycles. The molecule has 0 aliphatic carbocycles. The molecule has 0 bridgehead atoms. The highest BCUT2D eigenvalue weighted by Gasteiger charge is 2.15. The summed E-state index contributed by atoms with van der Waals surface area (Å²) in [6.45, 7) is 2.10. The first kappa shape index (κ1) is 6.49. The topological polar surface area (TPSA) is 17.1 Å². The Bertz CT molecular complexity index is 103.